The number of carbonyl (C=O) groups is 2. The second-order valence-electron chi connectivity index (χ2n) is 10.3. The van der Waals surface area contributed by atoms with Gasteiger partial charge in [-0.25, -0.2) is 17.6 Å². The molecule has 10 heteroatoms. The molecule has 0 aliphatic carbocycles. The van der Waals surface area contributed by atoms with E-state index in [9.17, 15) is 22.4 Å². The van der Waals surface area contributed by atoms with Crippen LogP contribution >= 0.6 is 0 Å². The standard InChI is InChI=1S/C31H35FN2O6S/c1-22(2)40-26-16-14-23(15-17-26)19-28(31(36)39-21-24-9-4-3-5-10-24)33-30(35)29-13-6-7-18-34(29)41(37,38)27-12-8-11-25(32)20-27/h3-5,8-12,14-17,20,22,28-29H,6-7,13,18-19,21H2,1-2H3,(H,33,35)/t28-,29-/m0/s1. The van der Waals surface area contributed by atoms with Gasteiger partial charge in [0.05, 0.1) is 11.0 Å². The van der Waals surface area contributed by atoms with Crippen molar-refractivity contribution in [3.05, 3.63) is 95.8 Å². The number of carbonyl (C=O) groups excluding carboxylic acids is 2. The van der Waals surface area contributed by atoms with E-state index in [0.29, 0.717) is 18.6 Å². The van der Waals surface area contributed by atoms with Gasteiger partial charge in [-0.15, -0.1) is 0 Å². The third-order valence-electron chi connectivity index (χ3n) is 6.72. The first-order chi connectivity index (χ1) is 19.6. The third kappa shape index (κ3) is 8.14. The van der Waals surface area contributed by atoms with Crippen LogP contribution in [0.4, 0.5) is 4.39 Å². The Labute approximate surface area is 240 Å². The monoisotopic (exact) mass is 582 g/mol. The van der Waals surface area contributed by atoms with Gasteiger partial charge in [0.1, 0.15) is 30.3 Å². The summed E-state index contributed by atoms with van der Waals surface area (Å²) in [5, 5.41) is 2.76. The molecule has 4 rings (SSSR count). The number of nitrogens with zero attached hydrogens (tertiary/aromatic N) is 1. The molecule has 1 amide bonds. The molecule has 0 unspecified atom stereocenters. The highest BCUT2D eigenvalue weighted by Crippen LogP contribution is 2.26. The molecule has 1 aliphatic heterocycles. The van der Waals surface area contributed by atoms with Crippen LogP contribution in [0, 0.1) is 5.82 Å². The molecule has 0 bridgehead atoms. The summed E-state index contributed by atoms with van der Waals surface area (Å²) in [6, 6.07) is 19.0. The van der Waals surface area contributed by atoms with Crippen molar-refractivity contribution < 1.29 is 31.9 Å². The van der Waals surface area contributed by atoms with Crippen molar-refractivity contribution in [3.63, 3.8) is 0 Å². The summed E-state index contributed by atoms with van der Waals surface area (Å²) in [7, 11) is -4.15. The van der Waals surface area contributed by atoms with Crippen LogP contribution in [0.2, 0.25) is 0 Å². The highest BCUT2D eigenvalue weighted by molar-refractivity contribution is 7.89. The molecular formula is C31H35FN2O6S. The molecule has 0 radical (unpaired) electrons. The maximum atomic E-state index is 13.8. The Morgan fingerprint density at radius 3 is 2.39 bits per heavy atom. The first-order valence-corrected chi connectivity index (χ1v) is 15.1. The third-order valence-corrected chi connectivity index (χ3v) is 8.62. The predicted molar refractivity (Wildman–Crippen MR) is 152 cm³/mol. The lowest BCUT2D eigenvalue weighted by molar-refractivity contribution is -0.149. The summed E-state index contributed by atoms with van der Waals surface area (Å²) >= 11 is 0. The molecule has 3 aromatic carbocycles. The highest BCUT2D eigenvalue weighted by atomic mass is 32.2. The van der Waals surface area contributed by atoms with Gasteiger partial charge >= 0.3 is 5.97 Å². The van der Waals surface area contributed by atoms with Gasteiger partial charge in [-0.2, -0.15) is 4.31 Å². The molecule has 1 heterocycles. The Morgan fingerprint density at radius 2 is 1.71 bits per heavy atom. The van der Waals surface area contributed by atoms with Crippen molar-refractivity contribution in [1.82, 2.24) is 9.62 Å². The molecule has 3 aromatic rings. The smallest absolute Gasteiger partial charge is 0.329 e. The topological polar surface area (TPSA) is 102 Å². The van der Waals surface area contributed by atoms with Gasteiger partial charge in [-0.05, 0) is 68.1 Å². The van der Waals surface area contributed by atoms with E-state index in [0.717, 1.165) is 27.6 Å². The zero-order valence-corrected chi connectivity index (χ0v) is 24.0. The molecule has 2 atom stereocenters. The second kappa shape index (κ2) is 13.7. The Morgan fingerprint density at radius 1 is 0.976 bits per heavy atom. The predicted octanol–water partition coefficient (Wildman–Crippen LogP) is 4.63. The van der Waals surface area contributed by atoms with Gasteiger partial charge in [0.25, 0.3) is 0 Å². The minimum absolute atomic E-state index is 0.00273. The van der Waals surface area contributed by atoms with E-state index in [-0.39, 0.29) is 37.0 Å². The van der Waals surface area contributed by atoms with E-state index in [2.05, 4.69) is 5.32 Å². The van der Waals surface area contributed by atoms with Gasteiger partial charge in [-0.1, -0.05) is 55.0 Å². The van der Waals surface area contributed by atoms with E-state index in [1.165, 1.54) is 12.1 Å². The molecule has 0 saturated carbocycles. The zero-order chi connectivity index (χ0) is 29.4. The van der Waals surface area contributed by atoms with Gasteiger partial charge in [-0.3, -0.25) is 4.79 Å². The average Bonchev–Trinajstić information content (AvgIpc) is 2.96. The first-order valence-electron chi connectivity index (χ1n) is 13.7. The summed E-state index contributed by atoms with van der Waals surface area (Å²) in [4.78, 5) is 26.6. The van der Waals surface area contributed by atoms with Gasteiger partial charge in [0.15, 0.2) is 0 Å². The number of hydrogen-bond acceptors (Lipinski definition) is 6. The minimum Gasteiger partial charge on any atom is -0.491 e. The number of nitrogens with one attached hydrogen (secondary N) is 1. The van der Waals surface area contributed by atoms with Crippen LogP contribution in [-0.4, -0.2) is 49.3 Å². The lowest BCUT2D eigenvalue weighted by atomic mass is 10.0. The van der Waals surface area contributed by atoms with Crippen LogP contribution in [0.25, 0.3) is 0 Å². The number of hydrogen-bond donors (Lipinski definition) is 1. The quantitative estimate of drug-likeness (QED) is 0.331. The van der Waals surface area contributed by atoms with E-state index >= 15 is 0 Å². The summed E-state index contributed by atoms with van der Waals surface area (Å²) in [5.74, 6) is -1.25. The molecule has 1 saturated heterocycles. The lowest BCUT2D eigenvalue weighted by Crippen LogP contribution is -2.55. The normalized spacial score (nSPS) is 16.6. The van der Waals surface area contributed by atoms with Gasteiger partial charge in [0, 0.05) is 13.0 Å². The highest BCUT2D eigenvalue weighted by Gasteiger charge is 2.39. The first kappa shape index (κ1) is 30.2. The molecule has 1 N–H and O–H groups in total. The molecule has 1 aliphatic rings. The van der Waals surface area contributed by atoms with Crippen LogP contribution in [0.3, 0.4) is 0 Å². The summed E-state index contributed by atoms with van der Waals surface area (Å²) in [6.45, 7) is 3.98. The van der Waals surface area contributed by atoms with Crippen molar-refractivity contribution in [1.29, 1.82) is 0 Å². The van der Waals surface area contributed by atoms with Crippen molar-refractivity contribution in [2.24, 2.45) is 0 Å². The van der Waals surface area contributed by atoms with Crippen molar-refractivity contribution in [2.45, 2.75) is 69.2 Å². The number of halogens is 1. The average molecular weight is 583 g/mol. The van der Waals surface area contributed by atoms with Crippen LogP contribution in [-0.2, 0) is 37.4 Å². The molecular weight excluding hydrogens is 547 g/mol. The molecule has 218 valence electrons. The van der Waals surface area contributed by atoms with E-state index in [4.69, 9.17) is 9.47 Å². The summed E-state index contributed by atoms with van der Waals surface area (Å²) in [5.41, 5.74) is 1.55. The molecule has 41 heavy (non-hydrogen) atoms. The van der Waals surface area contributed by atoms with Crippen LogP contribution in [0.1, 0.15) is 44.2 Å². The van der Waals surface area contributed by atoms with Crippen molar-refractivity contribution >= 4 is 21.9 Å². The van der Waals surface area contributed by atoms with Crippen LogP contribution in [0.5, 0.6) is 5.75 Å². The van der Waals surface area contributed by atoms with E-state index in [1.54, 1.807) is 12.1 Å². The zero-order valence-electron chi connectivity index (χ0n) is 23.2. The number of amides is 1. The number of sulfonamides is 1. The van der Waals surface area contributed by atoms with Crippen LogP contribution < -0.4 is 10.1 Å². The molecule has 8 nitrogen and oxygen atoms in total. The summed E-state index contributed by atoms with van der Waals surface area (Å²) < 4.78 is 53.0. The lowest BCUT2D eigenvalue weighted by Gasteiger charge is -2.34. The fourth-order valence-electron chi connectivity index (χ4n) is 4.72. The van der Waals surface area contributed by atoms with Crippen molar-refractivity contribution in [3.8, 4) is 5.75 Å². The Balaban J connectivity index is 1.54. The Bertz CT molecular complexity index is 1430. The number of piperidine rings is 1. The second-order valence-corrected chi connectivity index (χ2v) is 12.1. The number of rotatable bonds is 11. The minimum atomic E-state index is -4.15. The molecule has 0 aromatic heterocycles. The SMILES string of the molecule is CC(C)Oc1ccc(C[C@H](NC(=O)[C@@H]2CCCCN2S(=O)(=O)c2cccc(F)c2)C(=O)OCc2ccccc2)cc1. The van der Waals surface area contributed by atoms with Gasteiger partial charge < -0.3 is 14.8 Å². The number of ether oxygens (including phenoxy) is 2. The maximum absolute atomic E-state index is 13.8. The number of benzene rings is 3. The Hall–Kier alpha value is -3.76. The fraction of sp³-hybridized carbons (Fsp3) is 0.355. The largest absolute Gasteiger partial charge is 0.491 e. The fourth-order valence-corrected chi connectivity index (χ4v) is 6.41. The van der Waals surface area contributed by atoms with E-state index < -0.39 is 39.8 Å². The maximum Gasteiger partial charge on any atom is 0.329 e. The van der Waals surface area contributed by atoms with Gasteiger partial charge in [0.2, 0.25) is 15.9 Å². The molecule has 1 fully saturated rings. The summed E-state index contributed by atoms with van der Waals surface area (Å²) in [6.07, 6.45) is 1.60. The van der Waals surface area contributed by atoms with Crippen LogP contribution in [0.15, 0.2) is 83.8 Å². The Kier molecular flexibility index (Phi) is 10.1. The van der Waals surface area contributed by atoms with E-state index in [1.807, 2.05) is 56.3 Å². The van der Waals surface area contributed by atoms with Crippen molar-refractivity contribution in [2.75, 3.05) is 6.54 Å². The number of esters is 1. The molecule has 0 spiro atoms.